The Bertz CT molecular complexity index is 2340. The third-order valence-electron chi connectivity index (χ3n) is 8.48. The van der Waals surface area contributed by atoms with Crippen LogP contribution >= 0.6 is 15.9 Å². The number of rotatable bonds is 4. The van der Waals surface area contributed by atoms with Gasteiger partial charge in [-0.1, -0.05) is 125 Å². The summed E-state index contributed by atoms with van der Waals surface area (Å²) in [5.41, 5.74) is 7.29. The summed E-state index contributed by atoms with van der Waals surface area (Å²) < 4.78 is 5.35. The second-order valence-electron chi connectivity index (χ2n) is 11.1. The number of fused-ring (bicyclic) bond motifs is 6. The second kappa shape index (κ2) is 10.3. The highest BCUT2D eigenvalue weighted by molar-refractivity contribution is 9.10. The van der Waals surface area contributed by atoms with E-state index in [4.69, 9.17) is 15.0 Å². The number of para-hydroxylation sites is 4. The Morgan fingerprint density at radius 2 is 0.822 bits per heavy atom. The van der Waals surface area contributed by atoms with E-state index in [-0.39, 0.29) is 0 Å². The van der Waals surface area contributed by atoms with Crippen LogP contribution in [0.2, 0.25) is 0 Å². The molecule has 0 spiro atoms. The lowest BCUT2D eigenvalue weighted by Crippen LogP contribution is -2.10. The minimum absolute atomic E-state index is 0.570. The molecule has 0 aliphatic heterocycles. The van der Waals surface area contributed by atoms with E-state index >= 15 is 0 Å². The van der Waals surface area contributed by atoms with Gasteiger partial charge < -0.3 is 0 Å². The average Bonchev–Trinajstić information content (AvgIpc) is 3.62. The van der Waals surface area contributed by atoms with Crippen LogP contribution in [-0.2, 0) is 0 Å². The summed E-state index contributed by atoms with van der Waals surface area (Å²) in [6.07, 6.45) is 0. The van der Waals surface area contributed by atoms with Gasteiger partial charge in [-0.3, -0.25) is 9.13 Å². The van der Waals surface area contributed by atoms with Gasteiger partial charge in [0.15, 0.2) is 5.82 Å². The second-order valence-corrected chi connectivity index (χ2v) is 11.9. The van der Waals surface area contributed by atoms with Crippen LogP contribution in [0.3, 0.4) is 0 Å². The molecule has 0 aliphatic carbocycles. The van der Waals surface area contributed by atoms with Crippen molar-refractivity contribution in [2.45, 2.75) is 0 Å². The summed E-state index contributed by atoms with van der Waals surface area (Å²) in [5, 5.41) is 4.63. The molecule has 0 saturated carbocycles. The first kappa shape index (κ1) is 25.9. The molecule has 3 heterocycles. The molecule has 0 bridgehead atoms. The van der Waals surface area contributed by atoms with Gasteiger partial charge in [-0.25, -0.2) is 0 Å². The first-order chi connectivity index (χ1) is 22.2. The molecule has 3 aromatic heterocycles. The molecule has 0 N–H and O–H groups in total. The first-order valence-corrected chi connectivity index (χ1v) is 15.6. The molecular weight excluding hydrogens is 618 g/mol. The lowest BCUT2D eigenvalue weighted by molar-refractivity contribution is 0.893. The van der Waals surface area contributed by atoms with Gasteiger partial charge in [0.25, 0.3) is 0 Å². The standard InChI is InChI=1S/C39H24BrN5/c40-32-19-6-1-14-27(32)25-12-11-13-26(24-25)37-41-38(44-33-20-7-2-15-28(33)29-16-3-8-21-34(29)44)43-39(42-37)45-35-22-9-4-17-30(35)31-18-5-10-23-36(31)45/h1-24H. The van der Waals surface area contributed by atoms with Crippen molar-refractivity contribution in [1.29, 1.82) is 0 Å². The predicted octanol–water partition coefficient (Wildman–Crippen LogP) is 10.2. The number of hydrogen-bond acceptors (Lipinski definition) is 3. The van der Waals surface area contributed by atoms with Crippen LogP contribution in [0.1, 0.15) is 0 Å². The van der Waals surface area contributed by atoms with Gasteiger partial charge >= 0.3 is 0 Å². The van der Waals surface area contributed by atoms with Crippen molar-refractivity contribution in [3.63, 3.8) is 0 Å². The fourth-order valence-electron chi connectivity index (χ4n) is 6.48. The van der Waals surface area contributed by atoms with Crippen molar-refractivity contribution >= 4 is 59.5 Å². The highest BCUT2D eigenvalue weighted by Gasteiger charge is 2.20. The molecule has 9 aromatic rings. The Morgan fingerprint density at radius 1 is 0.400 bits per heavy atom. The van der Waals surface area contributed by atoms with Crippen molar-refractivity contribution in [2.75, 3.05) is 0 Å². The van der Waals surface area contributed by atoms with Crippen molar-refractivity contribution in [1.82, 2.24) is 24.1 Å². The van der Waals surface area contributed by atoms with E-state index in [0.717, 1.165) is 64.8 Å². The van der Waals surface area contributed by atoms with Gasteiger partial charge in [0.2, 0.25) is 11.9 Å². The van der Waals surface area contributed by atoms with Gasteiger partial charge in [0.05, 0.1) is 22.1 Å². The van der Waals surface area contributed by atoms with Crippen LogP contribution in [0, 0.1) is 0 Å². The maximum absolute atomic E-state index is 5.24. The predicted molar refractivity (Wildman–Crippen MR) is 187 cm³/mol. The van der Waals surface area contributed by atoms with Gasteiger partial charge in [-0.2, -0.15) is 15.0 Å². The van der Waals surface area contributed by atoms with Gasteiger partial charge in [0, 0.05) is 31.6 Å². The first-order valence-electron chi connectivity index (χ1n) is 14.8. The smallest absolute Gasteiger partial charge is 0.240 e. The Morgan fingerprint density at radius 3 is 1.31 bits per heavy atom. The van der Waals surface area contributed by atoms with Gasteiger partial charge in [-0.05, 0) is 47.5 Å². The van der Waals surface area contributed by atoms with Gasteiger partial charge in [-0.15, -0.1) is 0 Å². The number of hydrogen-bond donors (Lipinski definition) is 0. The topological polar surface area (TPSA) is 48.5 Å². The Hall–Kier alpha value is -5.59. The van der Waals surface area contributed by atoms with Crippen molar-refractivity contribution in [2.24, 2.45) is 0 Å². The lowest BCUT2D eigenvalue weighted by Gasteiger charge is -2.13. The summed E-state index contributed by atoms with van der Waals surface area (Å²) >= 11 is 3.73. The van der Waals surface area contributed by atoms with E-state index in [1.165, 1.54) is 0 Å². The van der Waals surface area contributed by atoms with E-state index < -0.39 is 0 Å². The minimum atomic E-state index is 0.570. The van der Waals surface area contributed by atoms with Crippen LogP contribution in [0.25, 0.3) is 78.0 Å². The lowest BCUT2D eigenvalue weighted by atomic mass is 10.0. The zero-order chi connectivity index (χ0) is 29.9. The van der Waals surface area contributed by atoms with E-state index in [1.54, 1.807) is 0 Å². The van der Waals surface area contributed by atoms with E-state index in [1.807, 2.05) is 6.07 Å². The molecule has 0 fully saturated rings. The fourth-order valence-corrected chi connectivity index (χ4v) is 6.99. The van der Waals surface area contributed by atoms with Crippen molar-refractivity contribution in [3.8, 4) is 34.4 Å². The van der Waals surface area contributed by atoms with Crippen LogP contribution in [0.4, 0.5) is 0 Å². The number of nitrogens with zero attached hydrogens (tertiary/aromatic N) is 5. The third-order valence-corrected chi connectivity index (χ3v) is 9.17. The summed E-state index contributed by atoms with van der Waals surface area (Å²) in [6.45, 7) is 0. The van der Waals surface area contributed by atoms with E-state index in [9.17, 15) is 0 Å². The molecule has 5 nitrogen and oxygen atoms in total. The average molecular weight is 643 g/mol. The van der Waals surface area contributed by atoms with E-state index in [0.29, 0.717) is 17.7 Å². The molecule has 9 rings (SSSR count). The fraction of sp³-hybridized carbons (Fsp3) is 0. The van der Waals surface area contributed by atoms with Crippen LogP contribution in [0.15, 0.2) is 150 Å². The molecule has 6 heteroatoms. The molecule has 0 aliphatic rings. The molecule has 0 radical (unpaired) electrons. The molecule has 0 atom stereocenters. The van der Waals surface area contributed by atoms with E-state index in [2.05, 4.69) is 165 Å². The zero-order valence-corrected chi connectivity index (χ0v) is 25.6. The Balaban J connectivity index is 1.37. The molecule has 45 heavy (non-hydrogen) atoms. The quantitative estimate of drug-likeness (QED) is 0.192. The van der Waals surface area contributed by atoms with Crippen LogP contribution < -0.4 is 0 Å². The molecule has 0 saturated heterocycles. The maximum Gasteiger partial charge on any atom is 0.240 e. The largest absolute Gasteiger partial charge is 0.278 e. The number of aromatic nitrogens is 5. The molecule has 212 valence electrons. The highest BCUT2D eigenvalue weighted by atomic mass is 79.9. The van der Waals surface area contributed by atoms with Crippen molar-refractivity contribution < 1.29 is 0 Å². The maximum atomic E-state index is 5.24. The normalized spacial score (nSPS) is 11.7. The molecule has 0 unspecified atom stereocenters. The summed E-state index contributed by atoms with van der Waals surface area (Å²) in [6, 6.07) is 50.4. The highest BCUT2D eigenvalue weighted by Crippen LogP contribution is 2.35. The SMILES string of the molecule is Brc1ccccc1-c1cccc(-c2nc(-n3c4ccccc4c4ccccc43)nc(-n3c4ccccc4c4ccccc43)n2)c1. The van der Waals surface area contributed by atoms with Crippen LogP contribution in [-0.4, -0.2) is 24.1 Å². The molecule has 6 aromatic carbocycles. The number of halogens is 1. The monoisotopic (exact) mass is 641 g/mol. The molecule has 0 amide bonds. The van der Waals surface area contributed by atoms with Gasteiger partial charge in [0.1, 0.15) is 0 Å². The van der Waals surface area contributed by atoms with Crippen molar-refractivity contribution in [3.05, 3.63) is 150 Å². The van der Waals surface area contributed by atoms with Crippen LogP contribution in [0.5, 0.6) is 0 Å². The summed E-state index contributed by atoms with van der Waals surface area (Å²) in [4.78, 5) is 15.6. The summed E-state index contributed by atoms with van der Waals surface area (Å²) in [5.74, 6) is 1.74. The Labute approximate surface area is 267 Å². The molecular formula is C39H24BrN5. The minimum Gasteiger partial charge on any atom is -0.278 e. The summed E-state index contributed by atoms with van der Waals surface area (Å²) in [7, 11) is 0. The number of benzene rings is 6. The Kier molecular flexibility index (Phi) is 5.89. The zero-order valence-electron chi connectivity index (χ0n) is 24.0. The third kappa shape index (κ3) is 4.10.